The van der Waals surface area contributed by atoms with E-state index in [-0.39, 0.29) is 22.1 Å². The normalized spacial score (nSPS) is 11.1. The standard InChI is InChI=1S/C25H35N3O5S/c1-6-8-15-28(16-9-7-2)22-17-20(25(30)27(4)5)18-23(34(31,32)26-19(3)29)24(22)33-21-13-11-10-12-14-21/h10-14,17-18H,6-9,15-16H2,1-5H3,(H,26,29). The van der Waals surface area contributed by atoms with Crippen LogP contribution in [0.2, 0.25) is 0 Å². The monoisotopic (exact) mass is 489 g/mol. The fourth-order valence-corrected chi connectivity index (χ4v) is 4.57. The Hall–Kier alpha value is -3.07. The van der Waals surface area contributed by atoms with E-state index in [0.717, 1.165) is 32.6 Å². The van der Waals surface area contributed by atoms with Gasteiger partial charge in [-0.1, -0.05) is 44.9 Å². The van der Waals surface area contributed by atoms with Crippen LogP contribution in [-0.4, -0.2) is 52.3 Å². The molecule has 1 N–H and O–H groups in total. The Bertz CT molecular complexity index is 1080. The molecule has 0 radical (unpaired) electrons. The van der Waals surface area contributed by atoms with Gasteiger partial charge in [0.15, 0.2) is 5.75 Å². The number of ether oxygens (including phenoxy) is 1. The van der Waals surface area contributed by atoms with Crippen LogP contribution in [0.3, 0.4) is 0 Å². The molecule has 0 fully saturated rings. The van der Waals surface area contributed by atoms with Gasteiger partial charge >= 0.3 is 0 Å². The fraction of sp³-hybridized carbons (Fsp3) is 0.440. The molecule has 2 aromatic rings. The van der Waals surface area contributed by atoms with Crippen LogP contribution in [0.1, 0.15) is 56.8 Å². The summed E-state index contributed by atoms with van der Waals surface area (Å²) in [7, 11) is -1.11. The summed E-state index contributed by atoms with van der Waals surface area (Å²) >= 11 is 0. The molecule has 0 aliphatic rings. The molecule has 0 bridgehead atoms. The van der Waals surface area contributed by atoms with Crippen molar-refractivity contribution in [3.8, 4) is 11.5 Å². The molecule has 0 unspecified atom stereocenters. The number of carbonyl (C=O) groups excluding carboxylic acids is 2. The van der Waals surface area contributed by atoms with Gasteiger partial charge in [-0.25, -0.2) is 13.1 Å². The zero-order chi connectivity index (χ0) is 25.3. The van der Waals surface area contributed by atoms with Gasteiger partial charge in [0.25, 0.3) is 15.9 Å². The van der Waals surface area contributed by atoms with E-state index in [4.69, 9.17) is 4.74 Å². The van der Waals surface area contributed by atoms with Crippen molar-refractivity contribution in [1.82, 2.24) is 9.62 Å². The van der Waals surface area contributed by atoms with Crippen molar-refractivity contribution < 1.29 is 22.7 Å². The van der Waals surface area contributed by atoms with E-state index in [9.17, 15) is 18.0 Å². The molecule has 0 aromatic heterocycles. The molecule has 186 valence electrons. The van der Waals surface area contributed by atoms with Crippen molar-refractivity contribution in [3.05, 3.63) is 48.0 Å². The van der Waals surface area contributed by atoms with E-state index in [1.165, 1.54) is 11.0 Å². The number of nitrogens with one attached hydrogen (secondary N) is 1. The van der Waals surface area contributed by atoms with Gasteiger partial charge in [0.1, 0.15) is 10.6 Å². The number of amides is 2. The predicted octanol–water partition coefficient (Wildman–Crippen LogP) is 4.41. The summed E-state index contributed by atoms with van der Waals surface area (Å²) in [6, 6.07) is 11.8. The first-order valence-electron chi connectivity index (χ1n) is 11.5. The molecule has 0 aliphatic carbocycles. The maximum atomic E-state index is 13.2. The molecule has 0 atom stereocenters. The highest BCUT2D eigenvalue weighted by molar-refractivity contribution is 7.90. The predicted molar refractivity (Wildman–Crippen MR) is 134 cm³/mol. The first kappa shape index (κ1) is 27.2. The molecule has 0 saturated carbocycles. The SMILES string of the molecule is CCCCN(CCCC)c1cc(C(=O)N(C)C)cc(S(=O)(=O)NC(C)=O)c1Oc1ccccc1. The smallest absolute Gasteiger partial charge is 0.267 e. The number of para-hydroxylation sites is 1. The van der Waals surface area contributed by atoms with Crippen molar-refractivity contribution in [1.29, 1.82) is 0 Å². The number of benzene rings is 2. The lowest BCUT2D eigenvalue weighted by molar-refractivity contribution is -0.117. The molecule has 9 heteroatoms. The van der Waals surface area contributed by atoms with Crippen LogP contribution < -0.4 is 14.4 Å². The zero-order valence-electron chi connectivity index (χ0n) is 20.6. The Morgan fingerprint density at radius 1 is 0.971 bits per heavy atom. The molecule has 0 spiro atoms. The summed E-state index contributed by atoms with van der Waals surface area (Å²) in [5.74, 6) is -0.550. The average molecular weight is 490 g/mol. The number of hydrogen-bond donors (Lipinski definition) is 1. The minimum Gasteiger partial charge on any atom is -0.454 e. The van der Waals surface area contributed by atoms with Crippen LogP contribution in [0, 0.1) is 0 Å². The summed E-state index contributed by atoms with van der Waals surface area (Å²) in [6.45, 7) is 6.62. The molecule has 0 saturated heterocycles. The van der Waals surface area contributed by atoms with Crippen LogP contribution in [0.15, 0.2) is 47.4 Å². The zero-order valence-corrected chi connectivity index (χ0v) is 21.4. The third kappa shape index (κ3) is 7.21. The van der Waals surface area contributed by atoms with Gasteiger partial charge in [-0.05, 0) is 37.1 Å². The summed E-state index contributed by atoms with van der Waals surface area (Å²) in [5, 5.41) is 0. The minimum absolute atomic E-state index is 0.0856. The Morgan fingerprint density at radius 3 is 2.06 bits per heavy atom. The van der Waals surface area contributed by atoms with Gasteiger partial charge < -0.3 is 14.5 Å². The van der Waals surface area contributed by atoms with Crippen molar-refractivity contribution in [3.63, 3.8) is 0 Å². The molecule has 2 rings (SSSR count). The number of unbranched alkanes of at least 4 members (excludes halogenated alkanes) is 2. The number of hydrogen-bond acceptors (Lipinski definition) is 6. The lowest BCUT2D eigenvalue weighted by Gasteiger charge is -2.29. The quantitative estimate of drug-likeness (QED) is 0.474. The molecule has 34 heavy (non-hydrogen) atoms. The average Bonchev–Trinajstić information content (AvgIpc) is 2.78. The van der Waals surface area contributed by atoms with Crippen LogP contribution in [-0.2, 0) is 14.8 Å². The highest BCUT2D eigenvalue weighted by atomic mass is 32.2. The van der Waals surface area contributed by atoms with E-state index in [2.05, 4.69) is 18.7 Å². The summed E-state index contributed by atoms with van der Waals surface area (Å²) < 4.78 is 34.7. The van der Waals surface area contributed by atoms with Crippen molar-refractivity contribution in [2.75, 3.05) is 32.1 Å². The van der Waals surface area contributed by atoms with Crippen molar-refractivity contribution in [2.24, 2.45) is 0 Å². The van der Waals surface area contributed by atoms with E-state index in [1.54, 1.807) is 44.4 Å². The number of sulfonamides is 1. The second-order valence-corrected chi connectivity index (χ2v) is 9.94. The molecular formula is C25H35N3O5S. The molecular weight excluding hydrogens is 454 g/mol. The van der Waals surface area contributed by atoms with E-state index >= 15 is 0 Å². The molecule has 2 amide bonds. The first-order chi connectivity index (χ1) is 16.1. The summed E-state index contributed by atoms with van der Waals surface area (Å²) in [5.41, 5.74) is 0.699. The van der Waals surface area contributed by atoms with Gasteiger partial charge in [-0.15, -0.1) is 0 Å². The summed E-state index contributed by atoms with van der Waals surface area (Å²) in [4.78, 5) is 27.8. The van der Waals surface area contributed by atoms with Crippen molar-refractivity contribution in [2.45, 2.75) is 51.3 Å². The maximum Gasteiger partial charge on any atom is 0.267 e. The van der Waals surface area contributed by atoms with E-state index in [0.29, 0.717) is 24.5 Å². The fourth-order valence-electron chi connectivity index (χ4n) is 3.41. The van der Waals surface area contributed by atoms with Gasteiger partial charge in [0, 0.05) is 39.7 Å². The maximum absolute atomic E-state index is 13.2. The van der Waals surface area contributed by atoms with Gasteiger partial charge in [0.2, 0.25) is 5.91 Å². The number of anilines is 1. The van der Waals surface area contributed by atoms with Crippen LogP contribution in [0.4, 0.5) is 5.69 Å². The second-order valence-electron chi connectivity index (χ2n) is 8.29. The Labute approximate surface area is 202 Å². The van der Waals surface area contributed by atoms with Crippen molar-refractivity contribution >= 4 is 27.5 Å². The number of carbonyl (C=O) groups is 2. The highest BCUT2D eigenvalue weighted by Gasteiger charge is 2.29. The van der Waals surface area contributed by atoms with E-state index in [1.807, 2.05) is 10.8 Å². The largest absolute Gasteiger partial charge is 0.454 e. The molecule has 2 aromatic carbocycles. The molecule has 8 nitrogen and oxygen atoms in total. The van der Waals surface area contributed by atoms with Crippen LogP contribution in [0.5, 0.6) is 11.5 Å². The van der Waals surface area contributed by atoms with Crippen LogP contribution in [0.25, 0.3) is 0 Å². The Morgan fingerprint density at radius 2 is 1.56 bits per heavy atom. The second kappa shape index (κ2) is 12.4. The first-order valence-corrected chi connectivity index (χ1v) is 13.0. The minimum atomic E-state index is -4.31. The lowest BCUT2D eigenvalue weighted by Crippen LogP contribution is -2.31. The highest BCUT2D eigenvalue weighted by Crippen LogP contribution is 2.40. The van der Waals surface area contributed by atoms with Crippen LogP contribution >= 0.6 is 0 Å². The van der Waals surface area contributed by atoms with Gasteiger partial charge in [-0.2, -0.15) is 0 Å². The number of nitrogens with zero attached hydrogens (tertiary/aromatic N) is 2. The lowest BCUT2D eigenvalue weighted by atomic mass is 10.1. The third-order valence-corrected chi connectivity index (χ3v) is 6.56. The molecule has 0 aliphatic heterocycles. The Kier molecular flexibility index (Phi) is 9.92. The number of rotatable bonds is 12. The van der Waals surface area contributed by atoms with Gasteiger partial charge in [-0.3, -0.25) is 9.59 Å². The van der Waals surface area contributed by atoms with Gasteiger partial charge in [0.05, 0.1) is 5.69 Å². The Balaban J connectivity index is 2.85. The summed E-state index contributed by atoms with van der Waals surface area (Å²) in [6.07, 6.45) is 3.66. The topological polar surface area (TPSA) is 96.0 Å². The van der Waals surface area contributed by atoms with E-state index < -0.39 is 15.9 Å². The molecule has 0 heterocycles. The third-order valence-electron chi connectivity index (χ3n) is 5.12.